The molecule has 0 amide bonds. The SMILES string of the molecule is CC(c1ccccc1)N(C)[C@@H]1CCN(c2cccc(-c3csc(N)n3)n2)CC1(F)F. The van der Waals surface area contributed by atoms with Crippen molar-refractivity contribution in [3.8, 4) is 11.4 Å². The van der Waals surface area contributed by atoms with Gasteiger partial charge in [-0.1, -0.05) is 36.4 Å². The first-order chi connectivity index (χ1) is 14.3. The molecule has 1 aliphatic rings. The highest BCUT2D eigenvalue weighted by Gasteiger charge is 2.47. The Morgan fingerprint density at radius 2 is 1.90 bits per heavy atom. The molecule has 1 aliphatic heterocycles. The third-order valence-electron chi connectivity index (χ3n) is 5.79. The van der Waals surface area contributed by atoms with Crippen LogP contribution in [-0.4, -0.2) is 47.0 Å². The largest absolute Gasteiger partial charge is 0.375 e. The van der Waals surface area contributed by atoms with Crippen molar-refractivity contribution in [1.82, 2.24) is 14.9 Å². The number of benzene rings is 1. The molecule has 4 rings (SSSR count). The van der Waals surface area contributed by atoms with Gasteiger partial charge in [-0.3, -0.25) is 4.90 Å². The molecule has 0 aliphatic carbocycles. The molecule has 0 radical (unpaired) electrons. The van der Waals surface area contributed by atoms with Crippen LogP contribution >= 0.6 is 11.3 Å². The molecule has 3 aromatic rings. The number of piperidine rings is 1. The van der Waals surface area contributed by atoms with Crippen LogP contribution in [0.3, 0.4) is 0 Å². The van der Waals surface area contributed by atoms with Crippen LogP contribution < -0.4 is 10.6 Å². The summed E-state index contributed by atoms with van der Waals surface area (Å²) >= 11 is 1.33. The van der Waals surface area contributed by atoms with Gasteiger partial charge in [-0.15, -0.1) is 11.3 Å². The predicted octanol–water partition coefficient (Wildman–Crippen LogP) is 4.69. The molecule has 158 valence electrons. The lowest BCUT2D eigenvalue weighted by molar-refractivity contribution is -0.0907. The summed E-state index contributed by atoms with van der Waals surface area (Å²) < 4.78 is 30.4. The lowest BCUT2D eigenvalue weighted by Crippen LogP contribution is -2.58. The van der Waals surface area contributed by atoms with Crippen LogP contribution in [0, 0.1) is 0 Å². The van der Waals surface area contributed by atoms with Crippen LogP contribution in [0.1, 0.15) is 24.9 Å². The van der Waals surface area contributed by atoms with Gasteiger partial charge in [0.2, 0.25) is 0 Å². The van der Waals surface area contributed by atoms with Crippen LogP contribution in [-0.2, 0) is 0 Å². The lowest BCUT2D eigenvalue weighted by atomic mass is 9.96. The maximum Gasteiger partial charge on any atom is 0.280 e. The minimum absolute atomic E-state index is 0.0924. The Kier molecular flexibility index (Phi) is 5.71. The van der Waals surface area contributed by atoms with Gasteiger partial charge in [0.1, 0.15) is 11.5 Å². The van der Waals surface area contributed by atoms with Gasteiger partial charge in [-0.25, -0.2) is 18.7 Å². The minimum Gasteiger partial charge on any atom is -0.375 e. The molecule has 2 N–H and O–H groups in total. The smallest absolute Gasteiger partial charge is 0.280 e. The fraction of sp³-hybridized carbons (Fsp3) is 0.364. The molecule has 3 heterocycles. The fourth-order valence-corrected chi connectivity index (χ4v) is 4.57. The Morgan fingerprint density at radius 1 is 1.13 bits per heavy atom. The number of anilines is 2. The van der Waals surface area contributed by atoms with E-state index in [2.05, 4.69) is 9.97 Å². The molecule has 30 heavy (non-hydrogen) atoms. The van der Waals surface area contributed by atoms with Crippen molar-refractivity contribution in [2.24, 2.45) is 0 Å². The average Bonchev–Trinajstić information content (AvgIpc) is 3.19. The summed E-state index contributed by atoms with van der Waals surface area (Å²) in [5, 5.41) is 2.28. The van der Waals surface area contributed by atoms with Gasteiger partial charge >= 0.3 is 0 Å². The molecule has 0 bridgehead atoms. The maximum atomic E-state index is 15.2. The Bertz CT molecular complexity index is 994. The van der Waals surface area contributed by atoms with E-state index >= 15 is 8.78 Å². The van der Waals surface area contributed by atoms with Gasteiger partial charge < -0.3 is 10.6 Å². The number of hydrogen-bond acceptors (Lipinski definition) is 6. The van der Waals surface area contributed by atoms with E-state index in [1.807, 2.05) is 54.8 Å². The highest BCUT2D eigenvalue weighted by molar-refractivity contribution is 7.13. The van der Waals surface area contributed by atoms with E-state index in [1.54, 1.807) is 22.9 Å². The molecular formula is C22H25F2N5S. The predicted molar refractivity (Wildman–Crippen MR) is 118 cm³/mol. The van der Waals surface area contributed by atoms with Gasteiger partial charge in [-0.05, 0) is 38.1 Å². The van der Waals surface area contributed by atoms with Gasteiger partial charge in [0.15, 0.2) is 5.13 Å². The first kappa shape index (κ1) is 20.7. The van der Waals surface area contributed by atoms with Crippen molar-refractivity contribution in [3.63, 3.8) is 0 Å². The number of nitrogens with two attached hydrogens (primary N) is 1. The van der Waals surface area contributed by atoms with Gasteiger partial charge in [0, 0.05) is 18.0 Å². The lowest BCUT2D eigenvalue weighted by Gasteiger charge is -2.44. The van der Waals surface area contributed by atoms with E-state index in [9.17, 15) is 0 Å². The Morgan fingerprint density at radius 3 is 2.57 bits per heavy atom. The molecular weight excluding hydrogens is 404 g/mol. The van der Waals surface area contributed by atoms with Crippen molar-refractivity contribution in [3.05, 3.63) is 59.5 Å². The van der Waals surface area contributed by atoms with Crippen LogP contribution in [0.5, 0.6) is 0 Å². The molecule has 0 spiro atoms. The third kappa shape index (κ3) is 4.15. The van der Waals surface area contributed by atoms with Crippen LogP contribution in [0.25, 0.3) is 11.4 Å². The number of nitrogen functional groups attached to an aromatic ring is 1. The molecule has 1 unspecified atom stereocenters. The molecule has 2 atom stereocenters. The zero-order valence-corrected chi connectivity index (χ0v) is 17.8. The van der Waals surface area contributed by atoms with Crippen LogP contribution in [0.4, 0.5) is 19.7 Å². The van der Waals surface area contributed by atoms with E-state index in [-0.39, 0.29) is 12.6 Å². The third-order valence-corrected chi connectivity index (χ3v) is 6.46. The summed E-state index contributed by atoms with van der Waals surface area (Å²) in [5.74, 6) is -2.32. The molecule has 1 aromatic carbocycles. The molecule has 1 fully saturated rings. The monoisotopic (exact) mass is 429 g/mol. The second-order valence-electron chi connectivity index (χ2n) is 7.69. The summed E-state index contributed by atoms with van der Waals surface area (Å²) in [4.78, 5) is 12.3. The second kappa shape index (κ2) is 8.28. The highest BCUT2D eigenvalue weighted by Crippen LogP contribution is 2.36. The number of thiazole rings is 1. The zero-order chi connectivity index (χ0) is 21.3. The highest BCUT2D eigenvalue weighted by atomic mass is 32.1. The summed E-state index contributed by atoms with van der Waals surface area (Å²) in [7, 11) is 1.79. The Balaban J connectivity index is 1.50. The first-order valence-electron chi connectivity index (χ1n) is 9.93. The molecule has 2 aromatic heterocycles. The molecule has 1 saturated heterocycles. The standard InChI is InChI=1S/C22H25F2N5S/c1-15(16-7-4-3-5-8-16)28(2)19-11-12-29(14-22(19,23)24)20-10-6-9-17(26-20)18-13-30-21(25)27-18/h3-10,13,15,19H,11-12,14H2,1-2H3,(H2,25,27)/t15?,19-/m1/s1. The topological polar surface area (TPSA) is 58.3 Å². The quantitative estimate of drug-likeness (QED) is 0.637. The van der Waals surface area contributed by atoms with E-state index in [0.717, 1.165) is 5.56 Å². The van der Waals surface area contributed by atoms with E-state index < -0.39 is 12.0 Å². The number of aromatic nitrogens is 2. The fourth-order valence-electron chi connectivity index (χ4n) is 4.01. The number of rotatable bonds is 5. The summed E-state index contributed by atoms with van der Waals surface area (Å²) in [5.41, 5.74) is 8.05. The average molecular weight is 430 g/mol. The summed E-state index contributed by atoms with van der Waals surface area (Å²) in [6, 6.07) is 14.3. The zero-order valence-electron chi connectivity index (χ0n) is 17.0. The van der Waals surface area contributed by atoms with Crippen molar-refractivity contribution in [2.45, 2.75) is 31.4 Å². The second-order valence-corrected chi connectivity index (χ2v) is 8.58. The van der Waals surface area contributed by atoms with Crippen molar-refractivity contribution in [1.29, 1.82) is 0 Å². The van der Waals surface area contributed by atoms with E-state index in [4.69, 9.17) is 5.73 Å². The first-order valence-corrected chi connectivity index (χ1v) is 10.8. The van der Waals surface area contributed by atoms with Crippen LogP contribution in [0.15, 0.2) is 53.9 Å². The normalized spacial score (nSPS) is 19.8. The van der Waals surface area contributed by atoms with E-state index in [1.165, 1.54) is 11.3 Å². The Hall–Kier alpha value is -2.58. The van der Waals surface area contributed by atoms with Crippen molar-refractivity contribution >= 4 is 22.3 Å². The van der Waals surface area contributed by atoms with Crippen LogP contribution in [0.2, 0.25) is 0 Å². The number of pyridine rings is 1. The Labute approximate surface area is 179 Å². The number of nitrogens with zero attached hydrogens (tertiary/aromatic N) is 4. The summed E-state index contributed by atoms with van der Waals surface area (Å²) in [6.45, 7) is 2.13. The minimum atomic E-state index is -2.86. The summed E-state index contributed by atoms with van der Waals surface area (Å²) in [6.07, 6.45) is 0.357. The van der Waals surface area contributed by atoms with Gasteiger partial charge in [-0.2, -0.15) is 0 Å². The number of hydrogen-bond donors (Lipinski definition) is 1. The number of halogens is 2. The maximum absolute atomic E-state index is 15.2. The van der Waals surface area contributed by atoms with E-state index in [0.29, 0.717) is 35.3 Å². The van der Waals surface area contributed by atoms with Gasteiger partial charge in [0.25, 0.3) is 5.92 Å². The van der Waals surface area contributed by atoms with Crippen molar-refractivity contribution < 1.29 is 8.78 Å². The molecule has 5 nitrogen and oxygen atoms in total. The van der Waals surface area contributed by atoms with Gasteiger partial charge in [0.05, 0.1) is 18.3 Å². The number of alkyl halides is 2. The van der Waals surface area contributed by atoms with Crippen molar-refractivity contribution in [2.75, 3.05) is 30.8 Å². The molecule has 8 heteroatoms. The molecule has 0 saturated carbocycles.